The maximum atomic E-state index is 13.1. The summed E-state index contributed by atoms with van der Waals surface area (Å²) in [5.41, 5.74) is 9.16. The van der Waals surface area contributed by atoms with Gasteiger partial charge in [-0.3, -0.25) is 0 Å². The second-order valence-corrected chi connectivity index (χ2v) is 5.62. The number of ether oxygens (including phenoxy) is 1. The van der Waals surface area contributed by atoms with Crippen molar-refractivity contribution in [3.8, 4) is 5.75 Å². The fraction of sp³-hybridized carbons (Fsp3) is 0.250. The first-order chi connectivity index (χ1) is 9.51. The zero-order chi connectivity index (χ0) is 14.7. The average molecular weight is 338 g/mol. The molecule has 0 aliphatic carbocycles. The predicted molar refractivity (Wildman–Crippen MR) is 82.5 cm³/mol. The summed E-state index contributed by atoms with van der Waals surface area (Å²) in [7, 11) is 1.64. The van der Waals surface area contributed by atoms with Crippen molar-refractivity contribution in [3.05, 3.63) is 63.4 Å². The molecule has 0 aromatic heterocycles. The van der Waals surface area contributed by atoms with Gasteiger partial charge in [-0.1, -0.05) is 22.0 Å². The Hall–Kier alpha value is -1.39. The minimum atomic E-state index is -0.235. The summed E-state index contributed by atoms with van der Waals surface area (Å²) in [5.74, 6) is 0.562. The zero-order valence-electron chi connectivity index (χ0n) is 11.5. The van der Waals surface area contributed by atoms with Crippen LogP contribution >= 0.6 is 15.9 Å². The molecule has 1 atom stereocenters. The zero-order valence-corrected chi connectivity index (χ0v) is 13.1. The van der Waals surface area contributed by atoms with Gasteiger partial charge in [0.15, 0.2) is 0 Å². The van der Waals surface area contributed by atoms with E-state index < -0.39 is 0 Å². The van der Waals surface area contributed by atoms with Gasteiger partial charge in [-0.25, -0.2) is 4.39 Å². The molecule has 2 aromatic carbocycles. The van der Waals surface area contributed by atoms with Gasteiger partial charge in [0.05, 0.1) is 7.11 Å². The average Bonchev–Trinajstić information content (AvgIpc) is 2.41. The van der Waals surface area contributed by atoms with Crippen LogP contribution in [0.25, 0.3) is 0 Å². The smallest absolute Gasteiger partial charge is 0.123 e. The molecule has 0 spiro atoms. The topological polar surface area (TPSA) is 35.2 Å². The molecule has 0 radical (unpaired) electrons. The molecule has 2 N–H and O–H groups in total. The van der Waals surface area contributed by atoms with Gasteiger partial charge in [-0.2, -0.15) is 0 Å². The summed E-state index contributed by atoms with van der Waals surface area (Å²) in [6.07, 6.45) is 0.657. The Labute approximate surface area is 126 Å². The van der Waals surface area contributed by atoms with Gasteiger partial charge in [0, 0.05) is 10.5 Å². The molecule has 0 aliphatic rings. The van der Waals surface area contributed by atoms with E-state index in [1.165, 1.54) is 12.1 Å². The second-order valence-electron chi connectivity index (χ2n) is 4.77. The van der Waals surface area contributed by atoms with Crippen molar-refractivity contribution in [3.63, 3.8) is 0 Å². The summed E-state index contributed by atoms with van der Waals surface area (Å²) >= 11 is 3.52. The Bertz CT molecular complexity index is 615. The molecule has 0 heterocycles. The number of benzene rings is 2. The SMILES string of the molecule is COc1ccc(Br)c(CC(N)c2ccc(F)cc2C)c1. The summed E-state index contributed by atoms with van der Waals surface area (Å²) in [6.45, 7) is 1.87. The maximum Gasteiger partial charge on any atom is 0.123 e. The van der Waals surface area contributed by atoms with Crippen LogP contribution in [0.5, 0.6) is 5.75 Å². The van der Waals surface area contributed by atoms with Crippen LogP contribution in [0.1, 0.15) is 22.7 Å². The van der Waals surface area contributed by atoms with Crippen molar-refractivity contribution < 1.29 is 9.13 Å². The van der Waals surface area contributed by atoms with Gasteiger partial charge in [0.2, 0.25) is 0 Å². The fourth-order valence-corrected chi connectivity index (χ4v) is 2.65. The van der Waals surface area contributed by atoms with Crippen molar-refractivity contribution in [2.24, 2.45) is 5.73 Å². The fourth-order valence-electron chi connectivity index (χ4n) is 2.24. The molecule has 2 nitrogen and oxygen atoms in total. The van der Waals surface area contributed by atoms with Gasteiger partial charge in [0.1, 0.15) is 11.6 Å². The number of hydrogen-bond acceptors (Lipinski definition) is 2. The van der Waals surface area contributed by atoms with Crippen LogP contribution in [0.2, 0.25) is 0 Å². The number of halogens is 2. The number of aryl methyl sites for hydroxylation is 1. The number of rotatable bonds is 4. The molecule has 2 aromatic rings. The molecule has 106 valence electrons. The van der Waals surface area contributed by atoms with E-state index in [4.69, 9.17) is 10.5 Å². The monoisotopic (exact) mass is 337 g/mol. The van der Waals surface area contributed by atoms with E-state index in [-0.39, 0.29) is 11.9 Å². The van der Waals surface area contributed by atoms with Gasteiger partial charge >= 0.3 is 0 Å². The number of nitrogens with two attached hydrogens (primary N) is 1. The number of hydrogen-bond donors (Lipinski definition) is 1. The van der Waals surface area contributed by atoms with Crippen LogP contribution in [0.4, 0.5) is 4.39 Å². The molecule has 20 heavy (non-hydrogen) atoms. The van der Waals surface area contributed by atoms with Crippen LogP contribution in [0.15, 0.2) is 40.9 Å². The quantitative estimate of drug-likeness (QED) is 0.909. The van der Waals surface area contributed by atoms with E-state index in [2.05, 4.69) is 15.9 Å². The Morgan fingerprint density at radius 3 is 2.65 bits per heavy atom. The van der Waals surface area contributed by atoms with E-state index in [9.17, 15) is 4.39 Å². The summed E-state index contributed by atoms with van der Waals surface area (Å²) in [5, 5.41) is 0. The van der Waals surface area contributed by atoms with Crippen molar-refractivity contribution >= 4 is 15.9 Å². The Morgan fingerprint density at radius 2 is 2.00 bits per heavy atom. The first-order valence-corrected chi connectivity index (χ1v) is 7.14. The first-order valence-electron chi connectivity index (χ1n) is 6.35. The molecule has 0 aliphatic heterocycles. The van der Waals surface area contributed by atoms with Crippen LogP contribution in [0, 0.1) is 12.7 Å². The van der Waals surface area contributed by atoms with Gasteiger partial charge in [-0.15, -0.1) is 0 Å². The molecule has 1 unspecified atom stereocenters. The molecule has 0 fully saturated rings. The normalized spacial score (nSPS) is 12.2. The van der Waals surface area contributed by atoms with E-state index in [1.54, 1.807) is 13.2 Å². The largest absolute Gasteiger partial charge is 0.497 e. The van der Waals surface area contributed by atoms with Crippen LogP contribution < -0.4 is 10.5 Å². The molecule has 0 bridgehead atoms. The van der Waals surface area contributed by atoms with Crippen LogP contribution in [0.3, 0.4) is 0 Å². The number of methoxy groups -OCH3 is 1. The van der Waals surface area contributed by atoms with E-state index in [1.807, 2.05) is 25.1 Å². The highest BCUT2D eigenvalue weighted by Gasteiger charge is 2.13. The standard InChI is InChI=1S/C16H17BrFNO/c1-10-7-12(18)3-5-14(10)16(19)9-11-8-13(20-2)4-6-15(11)17/h3-8,16H,9,19H2,1-2H3. The Kier molecular flexibility index (Phi) is 4.78. The van der Waals surface area contributed by atoms with Crippen molar-refractivity contribution in [2.75, 3.05) is 7.11 Å². The van der Waals surface area contributed by atoms with E-state index in [0.29, 0.717) is 6.42 Å². The second kappa shape index (κ2) is 6.37. The molecule has 0 saturated carbocycles. The molecule has 4 heteroatoms. The molecule has 0 amide bonds. The highest BCUT2D eigenvalue weighted by Crippen LogP contribution is 2.27. The summed E-state index contributed by atoms with van der Waals surface area (Å²) in [4.78, 5) is 0. The third-order valence-electron chi connectivity index (χ3n) is 3.32. The lowest BCUT2D eigenvalue weighted by Gasteiger charge is -2.16. The van der Waals surface area contributed by atoms with E-state index >= 15 is 0 Å². The van der Waals surface area contributed by atoms with Gasteiger partial charge in [-0.05, 0) is 60.4 Å². The summed E-state index contributed by atoms with van der Waals surface area (Å²) < 4.78 is 19.4. The summed E-state index contributed by atoms with van der Waals surface area (Å²) in [6, 6.07) is 10.3. The highest BCUT2D eigenvalue weighted by molar-refractivity contribution is 9.10. The Morgan fingerprint density at radius 1 is 1.25 bits per heavy atom. The predicted octanol–water partition coefficient (Wildman–Crippen LogP) is 4.15. The van der Waals surface area contributed by atoms with Crippen LogP contribution in [-0.2, 0) is 6.42 Å². The van der Waals surface area contributed by atoms with Gasteiger partial charge < -0.3 is 10.5 Å². The lowest BCUT2D eigenvalue weighted by atomic mass is 9.96. The molecule has 0 saturated heterocycles. The highest BCUT2D eigenvalue weighted by atomic mass is 79.9. The minimum Gasteiger partial charge on any atom is -0.497 e. The first kappa shape index (κ1) is 15.0. The molecule has 2 rings (SSSR count). The third-order valence-corrected chi connectivity index (χ3v) is 4.10. The molecular weight excluding hydrogens is 321 g/mol. The maximum absolute atomic E-state index is 13.1. The van der Waals surface area contributed by atoms with Gasteiger partial charge in [0.25, 0.3) is 0 Å². The lowest BCUT2D eigenvalue weighted by Crippen LogP contribution is -2.15. The van der Waals surface area contributed by atoms with Crippen molar-refractivity contribution in [2.45, 2.75) is 19.4 Å². The Balaban J connectivity index is 2.25. The minimum absolute atomic E-state index is 0.181. The lowest BCUT2D eigenvalue weighted by molar-refractivity contribution is 0.414. The van der Waals surface area contributed by atoms with Crippen LogP contribution in [-0.4, -0.2) is 7.11 Å². The van der Waals surface area contributed by atoms with Crippen molar-refractivity contribution in [1.82, 2.24) is 0 Å². The van der Waals surface area contributed by atoms with Crippen molar-refractivity contribution in [1.29, 1.82) is 0 Å². The third kappa shape index (κ3) is 3.38. The molecular formula is C16H17BrFNO. The van der Waals surface area contributed by atoms with E-state index in [0.717, 1.165) is 26.9 Å².